The molecule has 2 aromatic rings. The van der Waals surface area contributed by atoms with Gasteiger partial charge in [0.15, 0.2) is 0 Å². The predicted molar refractivity (Wildman–Crippen MR) is 46.5 cm³/mol. The summed E-state index contributed by atoms with van der Waals surface area (Å²) in [6.07, 6.45) is 1.31. The van der Waals surface area contributed by atoms with Crippen LogP contribution in [-0.4, -0.2) is 21.0 Å². The van der Waals surface area contributed by atoms with Gasteiger partial charge in [0.1, 0.15) is 5.69 Å². The van der Waals surface area contributed by atoms with E-state index < -0.39 is 11.9 Å². The molecule has 0 atom stereocenters. The lowest BCUT2D eigenvalue weighted by atomic mass is 10.2. The molecule has 2 rings (SSSR count). The van der Waals surface area contributed by atoms with Gasteiger partial charge in [-0.1, -0.05) is 0 Å². The molecule has 0 saturated carbocycles. The Morgan fingerprint density at radius 1 is 1.43 bits per heavy atom. The standard InChI is InChI=1S/C9H5FN2O2/c10-8-3-7-5(4-11-8)1-2-6(12-7)9(13)14/h1-4H,(H,13,14). The summed E-state index contributed by atoms with van der Waals surface area (Å²) in [6, 6.07) is 3.99. The number of pyridine rings is 2. The van der Waals surface area contributed by atoms with Crippen molar-refractivity contribution in [3.8, 4) is 0 Å². The molecule has 0 aliphatic heterocycles. The SMILES string of the molecule is O=C(O)c1ccc2cnc(F)cc2n1. The molecule has 1 N–H and O–H groups in total. The number of fused-ring (bicyclic) bond motifs is 1. The first-order valence-corrected chi connectivity index (χ1v) is 3.82. The Morgan fingerprint density at radius 3 is 2.93 bits per heavy atom. The van der Waals surface area contributed by atoms with E-state index in [1.165, 1.54) is 18.3 Å². The number of hydrogen-bond acceptors (Lipinski definition) is 3. The molecule has 0 aliphatic carbocycles. The zero-order chi connectivity index (χ0) is 10.1. The Kier molecular flexibility index (Phi) is 1.85. The fourth-order valence-corrected chi connectivity index (χ4v) is 1.11. The summed E-state index contributed by atoms with van der Waals surface area (Å²) >= 11 is 0. The largest absolute Gasteiger partial charge is 0.477 e. The first-order valence-electron chi connectivity index (χ1n) is 3.82. The molecule has 0 aromatic carbocycles. The van der Waals surface area contributed by atoms with Crippen LogP contribution in [-0.2, 0) is 0 Å². The minimum Gasteiger partial charge on any atom is -0.477 e. The number of carboxylic acid groups (broad SMARTS) is 1. The van der Waals surface area contributed by atoms with Gasteiger partial charge in [0.25, 0.3) is 0 Å². The van der Waals surface area contributed by atoms with Crippen molar-refractivity contribution in [3.63, 3.8) is 0 Å². The van der Waals surface area contributed by atoms with Crippen LogP contribution in [0.15, 0.2) is 24.4 Å². The molecule has 4 nitrogen and oxygen atoms in total. The van der Waals surface area contributed by atoms with Crippen molar-refractivity contribution in [1.29, 1.82) is 0 Å². The molecule has 0 unspecified atom stereocenters. The van der Waals surface area contributed by atoms with Gasteiger partial charge in [-0.05, 0) is 12.1 Å². The van der Waals surface area contributed by atoms with Crippen molar-refractivity contribution in [2.45, 2.75) is 0 Å². The Hall–Kier alpha value is -2.04. The number of aromatic nitrogens is 2. The van der Waals surface area contributed by atoms with Crippen LogP contribution in [0.4, 0.5) is 4.39 Å². The molecule has 2 aromatic heterocycles. The Morgan fingerprint density at radius 2 is 2.21 bits per heavy atom. The highest BCUT2D eigenvalue weighted by molar-refractivity contribution is 5.89. The van der Waals surface area contributed by atoms with E-state index in [4.69, 9.17) is 5.11 Å². The van der Waals surface area contributed by atoms with Gasteiger partial charge in [0.2, 0.25) is 5.95 Å². The molecule has 0 fully saturated rings. The third kappa shape index (κ3) is 1.39. The van der Waals surface area contributed by atoms with Crippen molar-refractivity contribution in [3.05, 3.63) is 36.0 Å². The molecule has 0 aliphatic rings. The summed E-state index contributed by atoms with van der Waals surface area (Å²) in [5, 5.41) is 9.25. The van der Waals surface area contributed by atoms with Crippen LogP contribution in [0.25, 0.3) is 10.9 Å². The molecular formula is C9H5FN2O2. The summed E-state index contributed by atoms with van der Waals surface area (Å²) in [7, 11) is 0. The van der Waals surface area contributed by atoms with Crippen molar-refractivity contribution < 1.29 is 14.3 Å². The number of rotatable bonds is 1. The van der Waals surface area contributed by atoms with E-state index in [9.17, 15) is 9.18 Å². The maximum absolute atomic E-state index is 12.7. The van der Waals surface area contributed by atoms with E-state index in [-0.39, 0.29) is 11.2 Å². The van der Waals surface area contributed by atoms with Gasteiger partial charge in [-0.15, -0.1) is 0 Å². The maximum atomic E-state index is 12.7. The van der Waals surface area contributed by atoms with Crippen molar-refractivity contribution in [1.82, 2.24) is 9.97 Å². The highest BCUT2D eigenvalue weighted by Gasteiger charge is 2.05. The second-order valence-electron chi connectivity index (χ2n) is 2.70. The number of carbonyl (C=O) groups is 1. The quantitative estimate of drug-likeness (QED) is 0.695. The van der Waals surface area contributed by atoms with Gasteiger partial charge in [0, 0.05) is 17.6 Å². The Labute approximate surface area is 78.0 Å². The molecule has 0 bridgehead atoms. The highest BCUT2D eigenvalue weighted by Crippen LogP contribution is 2.11. The third-order valence-electron chi connectivity index (χ3n) is 1.76. The highest BCUT2D eigenvalue weighted by atomic mass is 19.1. The van der Waals surface area contributed by atoms with Gasteiger partial charge >= 0.3 is 5.97 Å². The monoisotopic (exact) mass is 192 g/mol. The van der Waals surface area contributed by atoms with Gasteiger partial charge in [-0.3, -0.25) is 0 Å². The molecule has 0 radical (unpaired) electrons. The fourth-order valence-electron chi connectivity index (χ4n) is 1.11. The van der Waals surface area contributed by atoms with Crippen molar-refractivity contribution in [2.75, 3.05) is 0 Å². The molecule has 0 amide bonds. The maximum Gasteiger partial charge on any atom is 0.354 e. The number of nitrogens with zero attached hydrogens (tertiary/aromatic N) is 2. The van der Waals surface area contributed by atoms with Gasteiger partial charge < -0.3 is 5.11 Å². The van der Waals surface area contributed by atoms with E-state index in [2.05, 4.69) is 9.97 Å². The fraction of sp³-hybridized carbons (Fsp3) is 0. The van der Waals surface area contributed by atoms with Crippen LogP contribution in [0.3, 0.4) is 0 Å². The minimum absolute atomic E-state index is 0.108. The van der Waals surface area contributed by atoms with Crippen LogP contribution in [0.2, 0.25) is 0 Å². The Bertz CT molecular complexity index is 513. The summed E-state index contributed by atoms with van der Waals surface area (Å²) in [5.41, 5.74) is 0.181. The molecule has 2 heterocycles. The number of hydrogen-bond donors (Lipinski definition) is 1. The first-order chi connectivity index (χ1) is 6.66. The van der Waals surface area contributed by atoms with Gasteiger partial charge in [-0.25, -0.2) is 14.8 Å². The zero-order valence-corrected chi connectivity index (χ0v) is 6.94. The zero-order valence-electron chi connectivity index (χ0n) is 6.94. The molecular weight excluding hydrogens is 187 g/mol. The molecule has 70 valence electrons. The van der Waals surface area contributed by atoms with Crippen LogP contribution >= 0.6 is 0 Å². The summed E-state index contributed by atoms with van der Waals surface area (Å²) in [5.74, 6) is -1.81. The van der Waals surface area contributed by atoms with E-state index in [1.807, 2.05) is 0 Å². The average Bonchev–Trinajstić information content (AvgIpc) is 2.16. The Balaban J connectivity index is 2.69. The minimum atomic E-state index is -1.14. The van der Waals surface area contributed by atoms with Crippen molar-refractivity contribution >= 4 is 16.9 Å². The molecule has 5 heteroatoms. The van der Waals surface area contributed by atoms with Crippen LogP contribution in [0, 0.1) is 5.95 Å². The summed E-state index contributed by atoms with van der Waals surface area (Å²) in [4.78, 5) is 17.7. The van der Waals surface area contributed by atoms with Gasteiger partial charge in [0.05, 0.1) is 5.52 Å². The molecule has 14 heavy (non-hydrogen) atoms. The topological polar surface area (TPSA) is 63.1 Å². The number of halogens is 1. The average molecular weight is 192 g/mol. The van der Waals surface area contributed by atoms with Crippen LogP contribution in [0.5, 0.6) is 0 Å². The van der Waals surface area contributed by atoms with Crippen LogP contribution < -0.4 is 0 Å². The molecule has 0 spiro atoms. The summed E-state index contributed by atoms with van der Waals surface area (Å²) < 4.78 is 12.7. The number of aromatic carboxylic acids is 1. The van der Waals surface area contributed by atoms with E-state index in [0.717, 1.165) is 6.07 Å². The van der Waals surface area contributed by atoms with E-state index in [0.29, 0.717) is 5.39 Å². The van der Waals surface area contributed by atoms with Gasteiger partial charge in [-0.2, -0.15) is 4.39 Å². The summed E-state index contributed by atoms with van der Waals surface area (Å²) in [6.45, 7) is 0. The lowest BCUT2D eigenvalue weighted by Gasteiger charge is -1.97. The normalized spacial score (nSPS) is 10.4. The lowest BCUT2D eigenvalue weighted by molar-refractivity contribution is 0.0691. The molecule has 0 saturated heterocycles. The van der Waals surface area contributed by atoms with E-state index in [1.54, 1.807) is 0 Å². The third-order valence-corrected chi connectivity index (χ3v) is 1.76. The van der Waals surface area contributed by atoms with Crippen molar-refractivity contribution in [2.24, 2.45) is 0 Å². The van der Waals surface area contributed by atoms with Crippen LogP contribution in [0.1, 0.15) is 10.5 Å². The number of carboxylic acids is 1. The second kappa shape index (κ2) is 3.02. The lowest BCUT2D eigenvalue weighted by Crippen LogP contribution is -2.00. The first kappa shape index (κ1) is 8.55. The van der Waals surface area contributed by atoms with E-state index >= 15 is 0 Å². The smallest absolute Gasteiger partial charge is 0.354 e. The second-order valence-corrected chi connectivity index (χ2v) is 2.70. The predicted octanol–water partition coefficient (Wildman–Crippen LogP) is 1.47.